The number of hydrogen-bond acceptors (Lipinski definition) is 4. The van der Waals surface area contributed by atoms with Crippen LogP contribution in [0.1, 0.15) is 30.5 Å². The molecular weight excluding hydrogens is 426 g/mol. The quantitative estimate of drug-likeness (QED) is 0.538. The zero-order valence-corrected chi connectivity index (χ0v) is 17.6. The van der Waals surface area contributed by atoms with E-state index < -0.39 is 29.3 Å². The van der Waals surface area contributed by atoms with Gasteiger partial charge in [-0.05, 0) is 36.8 Å². The Hall–Kier alpha value is -3.56. The van der Waals surface area contributed by atoms with Crippen molar-refractivity contribution in [2.45, 2.75) is 32.5 Å². The average Bonchev–Trinajstić information content (AvgIpc) is 3.20. The number of halogens is 4. The lowest BCUT2D eigenvalue weighted by molar-refractivity contribution is -0.137. The first-order valence-electron chi connectivity index (χ1n) is 9.66. The van der Waals surface area contributed by atoms with Gasteiger partial charge in [0.05, 0.1) is 23.7 Å². The number of nitrogens with zero attached hydrogens (tertiary/aromatic N) is 2. The van der Waals surface area contributed by atoms with Crippen molar-refractivity contribution in [1.29, 1.82) is 5.26 Å². The molecule has 9 heteroatoms. The summed E-state index contributed by atoms with van der Waals surface area (Å²) in [6.45, 7) is 4.28. The lowest BCUT2D eigenvalue weighted by Gasteiger charge is -2.22. The summed E-state index contributed by atoms with van der Waals surface area (Å²) in [4.78, 5) is 13.8. The number of alkyl halides is 3. The van der Waals surface area contributed by atoms with Gasteiger partial charge in [0.2, 0.25) is 0 Å². The number of carbonyl (C=O) groups is 1. The molecule has 1 atom stereocenters. The number of rotatable bonds is 4. The highest BCUT2D eigenvalue weighted by atomic mass is 19.4. The van der Waals surface area contributed by atoms with Crippen molar-refractivity contribution in [3.05, 3.63) is 58.9 Å². The smallest absolute Gasteiger partial charge is 0.381 e. The molecule has 0 saturated heterocycles. The normalized spacial score (nSPS) is 12.8. The molecule has 3 rings (SSSR count). The minimum absolute atomic E-state index is 0.134. The molecule has 2 N–H and O–H groups in total. The van der Waals surface area contributed by atoms with Crippen LogP contribution in [-0.2, 0) is 17.4 Å². The summed E-state index contributed by atoms with van der Waals surface area (Å²) < 4.78 is 52.8. The van der Waals surface area contributed by atoms with E-state index in [4.69, 9.17) is 5.26 Å². The van der Waals surface area contributed by atoms with E-state index in [1.54, 1.807) is 11.0 Å². The fraction of sp³-hybridized carbons (Fsp3) is 0.304. The van der Waals surface area contributed by atoms with E-state index in [0.717, 1.165) is 12.1 Å². The number of amides is 1. The highest BCUT2D eigenvalue weighted by molar-refractivity contribution is 5.94. The topological polar surface area (TPSA) is 76.4 Å². The Morgan fingerprint density at radius 3 is 2.53 bits per heavy atom. The average molecular weight is 449 g/mol. The van der Waals surface area contributed by atoms with Crippen molar-refractivity contribution in [3.8, 4) is 18.9 Å². The summed E-state index contributed by atoms with van der Waals surface area (Å²) in [6, 6.07) is 8.71. The predicted molar refractivity (Wildman–Crippen MR) is 114 cm³/mol. The number of fused-ring (bicyclic) bond motifs is 1. The summed E-state index contributed by atoms with van der Waals surface area (Å²) in [5.41, 5.74) is -0.863. The summed E-state index contributed by atoms with van der Waals surface area (Å²) in [5, 5.41) is 21.2. The molecule has 1 aliphatic rings. The third-order valence-corrected chi connectivity index (χ3v) is 4.48. The Bertz CT molecular complexity index is 997. The zero-order valence-electron chi connectivity index (χ0n) is 17.6. The molecule has 5 nitrogen and oxygen atoms in total. The first-order valence-corrected chi connectivity index (χ1v) is 9.66. The number of nitriles is 1. The minimum atomic E-state index is -4.76. The Labute approximate surface area is 184 Å². The fourth-order valence-electron chi connectivity index (χ4n) is 3.12. The van der Waals surface area contributed by atoms with E-state index in [1.165, 1.54) is 18.2 Å². The van der Waals surface area contributed by atoms with Crippen LogP contribution in [-0.4, -0.2) is 30.2 Å². The third-order valence-electron chi connectivity index (χ3n) is 4.48. The minimum Gasteiger partial charge on any atom is -0.381 e. The van der Waals surface area contributed by atoms with Gasteiger partial charge in [-0.1, -0.05) is 19.9 Å². The number of β-amino-alcohol motifs (C(OH)–C–C–N with tert-alkyl or cyclic N) is 1. The van der Waals surface area contributed by atoms with Crippen molar-refractivity contribution in [1.82, 2.24) is 0 Å². The number of anilines is 2. The molecule has 0 spiro atoms. The van der Waals surface area contributed by atoms with Gasteiger partial charge in [-0.2, -0.15) is 18.4 Å². The van der Waals surface area contributed by atoms with E-state index >= 15 is 0 Å². The molecule has 170 valence electrons. The second kappa shape index (κ2) is 11.7. The van der Waals surface area contributed by atoms with E-state index in [2.05, 4.69) is 18.2 Å². The van der Waals surface area contributed by atoms with Gasteiger partial charge < -0.3 is 15.3 Å². The highest BCUT2D eigenvalue weighted by Gasteiger charge is 2.34. The highest BCUT2D eigenvalue weighted by Crippen LogP contribution is 2.34. The lowest BCUT2D eigenvalue weighted by atomic mass is 10.1. The Morgan fingerprint density at radius 1 is 1.28 bits per heavy atom. The van der Waals surface area contributed by atoms with Crippen LogP contribution in [0.4, 0.5) is 28.9 Å². The van der Waals surface area contributed by atoms with Crippen LogP contribution in [0.15, 0.2) is 36.4 Å². The summed E-state index contributed by atoms with van der Waals surface area (Å²) in [6.07, 6.45) is 2.13. The Balaban J connectivity index is 0.00000121. The van der Waals surface area contributed by atoms with Gasteiger partial charge >= 0.3 is 6.18 Å². The van der Waals surface area contributed by atoms with E-state index in [0.29, 0.717) is 30.3 Å². The standard InChI is InChI=1S/C19H15F4N3O2.C2H6.C2H2/c20-15-2-1-3-16-13(15)6-7-26(16)10-17(27)18(28)25-12-5-4-11(9-24)14(8-12)19(21,22)23;2*1-2/h1-5,8,17,27H,6-7,10H2,(H,25,28);1-2H3;1-2H/t17-;;/m0../s1. The number of carbonyl (C=O) groups excluding carboxylic acids is 1. The Kier molecular flexibility index (Phi) is 9.70. The lowest BCUT2D eigenvalue weighted by Crippen LogP contribution is -2.39. The largest absolute Gasteiger partial charge is 0.417 e. The second-order valence-corrected chi connectivity index (χ2v) is 6.31. The molecule has 1 aliphatic heterocycles. The van der Waals surface area contributed by atoms with Crippen LogP contribution in [0.25, 0.3) is 0 Å². The number of nitrogens with one attached hydrogen (secondary N) is 1. The Morgan fingerprint density at radius 2 is 1.94 bits per heavy atom. The van der Waals surface area contributed by atoms with Crippen LogP contribution in [0.2, 0.25) is 0 Å². The van der Waals surface area contributed by atoms with Crippen molar-refractivity contribution in [3.63, 3.8) is 0 Å². The number of hydrogen-bond donors (Lipinski definition) is 2. The molecule has 0 aromatic heterocycles. The van der Waals surface area contributed by atoms with Crippen LogP contribution in [0.3, 0.4) is 0 Å². The monoisotopic (exact) mass is 449 g/mol. The fourth-order valence-corrected chi connectivity index (χ4v) is 3.12. The maximum atomic E-state index is 13.8. The third kappa shape index (κ3) is 6.22. The summed E-state index contributed by atoms with van der Waals surface area (Å²) in [7, 11) is 0. The number of aliphatic hydroxyl groups excluding tert-OH is 1. The van der Waals surface area contributed by atoms with Gasteiger partial charge in [-0.3, -0.25) is 4.79 Å². The molecule has 0 aliphatic carbocycles. The van der Waals surface area contributed by atoms with Crippen LogP contribution >= 0.6 is 0 Å². The number of benzene rings is 2. The van der Waals surface area contributed by atoms with Gasteiger partial charge in [0.25, 0.3) is 5.91 Å². The summed E-state index contributed by atoms with van der Waals surface area (Å²) in [5.74, 6) is -1.26. The van der Waals surface area contributed by atoms with Crippen molar-refractivity contribution >= 4 is 17.3 Å². The molecule has 0 radical (unpaired) electrons. The summed E-state index contributed by atoms with van der Waals surface area (Å²) >= 11 is 0. The van der Waals surface area contributed by atoms with Crippen molar-refractivity contribution < 1.29 is 27.5 Å². The molecular formula is C23H23F4N3O2. The molecule has 1 amide bonds. The first-order chi connectivity index (χ1) is 15.2. The van der Waals surface area contributed by atoms with Gasteiger partial charge in [0.1, 0.15) is 5.82 Å². The molecule has 0 saturated carbocycles. The van der Waals surface area contributed by atoms with Crippen LogP contribution in [0, 0.1) is 30.0 Å². The SMILES string of the molecule is C#C.CC.N#Cc1ccc(NC(=O)[C@@H](O)CN2CCc3c(F)cccc32)cc1C(F)(F)F. The molecule has 1 heterocycles. The molecule has 2 aromatic carbocycles. The number of terminal acetylenes is 1. The maximum absolute atomic E-state index is 13.8. The van der Waals surface area contributed by atoms with Gasteiger partial charge in [0.15, 0.2) is 6.10 Å². The van der Waals surface area contributed by atoms with Crippen molar-refractivity contribution in [2.24, 2.45) is 0 Å². The first kappa shape index (κ1) is 26.5. The van der Waals surface area contributed by atoms with E-state index in [-0.39, 0.29) is 18.0 Å². The predicted octanol–water partition coefficient (Wildman–Crippen LogP) is 4.35. The molecule has 0 unspecified atom stereocenters. The van der Waals surface area contributed by atoms with Gasteiger partial charge in [0, 0.05) is 23.5 Å². The molecule has 0 bridgehead atoms. The van der Waals surface area contributed by atoms with Gasteiger partial charge in [-0.15, -0.1) is 12.8 Å². The maximum Gasteiger partial charge on any atom is 0.417 e. The van der Waals surface area contributed by atoms with Crippen LogP contribution < -0.4 is 10.2 Å². The van der Waals surface area contributed by atoms with E-state index in [9.17, 15) is 27.5 Å². The number of aliphatic hydroxyl groups is 1. The molecule has 32 heavy (non-hydrogen) atoms. The zero-order chi connectivity index (χ0) is 24.5. The van der Waals surface area contributed by atoms with E-state index in [1.807, 2.05) is 13.8 Å². The second-order valence-electron chi connectivity index (χ2n) is 6.31. The van der Waals surface area contributed by atoms with Gasteiger partial charge in [-0.25, -0.2) is 4.39 Å². The molecule has 2 aromatic rings. The van der Waals surface area contributed by atoms with Crippen LogP contribution in [0.5, 0.6) is 0 Å². The van der Waals surface area contributed by atoms with Crippen molar-refractivity contribution in [2.75, 3.05) is 23.3 Å². The molecule has 0 fully saturated rings.